The zero-order chi connectivity index (χ0) is 21.1. The van der Waals surface area contributed by atoms with E-state index in [2.05, 4.69) is 17.0 Å². The molecule has 0 radical (unpaired) electrons. The Morgan fingerprint density at radius 2 is 2.10 bits per heavy atom. The minimum absolute atomic E-state index is 0.0991. The van der Waals surface area contributed by atoms with Gasteiger partial charge >= 0.3 is 0 Å². The Morgan fingerprint density at radius 1 is 1.34 bits per heavy atom. The predicted molar refractivity (Wildman–Crippen MR) is 101 cm³/mol. The summed E-state index contributed by atoms with van der Waals surface area (Å²) < 4.78 is 44.6. The van der Waals surface area contributed by atoms with Crippen molar-refractivity contribution in [3.05, 3.63) is 72.4 Å². The maximum atomic E-state index is 13.7. The van der Waals surface area contributed by atoms with E-state index in [4.69, 9.17) is 16.1 Å². The van der Waals surface area contributed by atoms with E-state index in [1.54, 1.807) is 13.0 Å². The van der Waals surface area contributed by atoms with Crippen LogP contribution in [-0.2, 0) is 13.0 Å². The molecule has 0 spiro atoms. The molecule has 0 N–H and O–H groups in total. The van der Waals surface area contributed by atoms with Gasteiger partial charge in [-0.3, -0.25) is 9.59 Å². The minimum Gasteiger partial charge on any atom is -0.347 e. The second kappa shape index (κ2) is 8.68. The highest BCUT2D eigenvalue weighted by Gasteiger charge is 2.16. The van der Waals surface area contributed by atoms with Crippen LogP contribution in [0.2, 0.25) is 4.34 Å². The number of alkyl halides is 2. The molecule has 29 heavy (non-hydrogen) atoms. The number of aromatic nitrogens is 2. The van der Waals surface area contributed by atoms with Crippen molar-refractivity contribution >= 4 is 28.7 Å². The molecule has 3 rings (SSSR count). The number of thiophene rings is 1. The van der Waals surface area contributed by atoms with Crippen molar-refractivity contribution in [3.63, 3.8) is 0 Å². The molecule has 10 heteroatoms. The molecule has 0 saturated carbocycles. The van der Waals surface area contributed by atoms with Gasteiger partial charge < -0.3 is 9.09 Å². The number of ketones is 1. The molecule has 0 amide bonds. The number of hydrogen-bond donors (Lipinski definition) is 0. The van der Waals surface area contributed by atoms with E-state index in [1.165, 1.54) is 6.07 Å². The first kappa shape index (κ1) is 20.9. The molecular weight excluding hydrogens is 429 g/mol. The first-order chi connectivity index (χ1) is 13.7. The molecule has 0 aliphatic heterocycles. The molecule has 0 atom stereocenters. The number of carbonyl (C=O) groups excluding carboxylic acids is 1. The summed E-state index contributed by atoms with van der Waals surface area (Å²) in [5, 5.41) is 3.71. The van der Waals surface area contributed by atoms with Crippen molar-refractivity contribution in [3.8, 4) is 11.8 Å². The van der Waals surface area contributed by atoms with Crippen molar-refractivity contribution in [2.45, 2.75) is 26.3 Å². The quantitative estimate of drug-likeness (QED) is 0.443. The lowest BCUT2D eigenvalue weighted by molar-refractivity contribution is 0.0996. The Bertz CT molecular complexity index is 1190. The summed E-state index contributed by atoms with van der Waals surface area (Å²) in [6.07, 6.45) is -2.06. The molecule has 3 aromatic heterocycles. The highest BCUT2D eigenvalue weighted by molar-refractivity contribution is 7.18. The average Bonchev–Trinajstić information content (AvgIpc) is 3.22. The Kier molecular flexibility index (Phi) is 6.25. The Balaban J connectivity index is 1.81. The smallest absolute Gasteiger partial charge is 0.286 e. The monoisotopic (exact) mass is 440 g/mol. The second-order valence-electron chi connectivity index (χ2n) is 6.03. The van der Waals surface area contributed by atoms with E-state index in [1.807, 2.05) is 0 Å². The van der Waals surface area contributed by atoms with Crippen LogP contribution in [-0.4, -0.2) is 21.9 Å². The summed E-state index contributed by atoms with van der Waals surface area (Å²) >= 11 is 7.11. The summed E-state index contributed by atoms with van der Waals surface area (Å²) in [5.41, 5.74) is 0.00726. The fraction of sp³-hybridized carbons (Fsp3) is 0.211. The highest BCUT2D eigenvalue weighted by Crippen LogP contribution is 2.28. The SMILES string of the molecule is Cc1cc(C#Cc2cc(C(=O)Cc3cc(F)c(=O)n(CC(F)F)c3)sc2Cl)on1. The average molecular weight is 441 g/mol. The van der Waals surface area contributed by atoms with Gasteiger partial charge in [0.2, 0.25) is 5.76 Å². The number of carbonyl (C=O) groups is 1. The zero-order valence-electron chi connectivity index (χ0n) is 14.8. The molecule has 0 saturated heterocycles. The number of halogens is 4. The molecule has 150 valence electrons. The number of Topliss-reactive ketones (excluding diaryl/α,β-unsaturated/α-hetero) is 1. The van der Waals surface area contributed by atoms with Crippen LogP contribution in [0.15, 0.2) is 33.7 Å². The summed E-state index contributed by atoms with van der Waals surface area (Å²) in [6, 6.07) is 3.99. The fourth-order valence-corrected chi connectivity index (χ4v) is 3.58. The molecule has 0 aliphatic rings. The number of aryl methyl sites for hydroxylation is 1. The molecule has 3 aromatic rings. The van der Waals surface area contributed by atoms with Crippen molar-refractivity contribution in [2.75, 3.05) is 0 Å². The van der Waals surface area contributed by atoms with E-state index < -0.39 is 30.1 Å². The van der Waals surface area contributed by atoms with E-state index in [0.29, 0.717) is 21.6 Å². The van der Waals surface area contributed by atoms with Gasteiger partial charge in [0.15, 0.2) is 11.6 Å². The van der Waals surface area contributed by atoms with Crippen molar-refractivity contribution in [1.82, 2.24) is 9.72 Å². The first-order valence-electron chi connectivity index (χ1n) is 8.18. The number of hydrogen-bond acceptors (Lipinski definition) is 5. The third kappa shape index (κ3) is 5.16. The lowest BCUT2D eigenvalue weighted by Gasteiger charge is -2.08. The molecule has 0 fully saturated rings. The molecule has 0 unspecified atom stereocenters. The van der Waals surface area contributed by atoms with E-state index in [0.717, 1.165) is 23.6 Å². The van der Waals surface area contributed by atoms with Gasteiger partial charge in [-0.25, -0.2) is 13.2 Å². The lowest BCUT2D eigenvalue weighted by atomic mass is 10.1. The maximum absolute atomic E-state index is 13.7. The van der Waals surface area contributed by atoms with Crippen molar-refractivity contribution in [2.24, 2.45) is 0 Å². The predicted octanol–water partition coefficient (Wildman–Crippen LogP) is 4.09. The normalized spacial score (nSPS) is 10.8. The van der Waals surface area contributed by atoms with Crippen LogP contribution in [0.5, 0.6) is 0 Å². The highest BCUT2D eigenvalue weighted by atomic mass is 35.5. The number of rotatable bonds is 5. The van der Waals surface area contributed by atoms with Gasteiger partial charge in [-0.2, -0.15) is 0 Å². The molecule has 5 nitrogen and oxygen atoms in total. The van der Waals surface area contributed by atoms with Crippen LogP contribution in [0.3, 0.4) is 0 Å². The van der Waals surface area contributed by atoms with Crippen LogP contribution >= 0.6 is 22.9 Å². The van der Waals surface area contributed by atoms with Crippen LogP contribution in [0, 0.1) is 24.6 Å². The van der Waals surface area contributed by atoms with E-state index in [-0.39, 0.29) is 21.2 Å². The number of nitrogens with zero attached hydrogens (tertiary/aromatic N) is 2. The second-order valence-corrected chi connectivity index (χ2v) is 7.68. The van der Waals surface area contributed by atoms with Crippen molar-refractivity contribution in [1.29, 1.82) is 0 Å². The summed E-state index contributed by atoms with van der Waals surface area (Å²) in [4.78, 5) is 24.3. The van der Waals surface area contributed by atoms with Gasteiger partial charge in [-0.1, -0.05) is 22.7 Å². The van der Waals surface area contributed by atoms with Crippen LogP contribution < -0.4 is 5.56 Å². The molecule has 0 bridgehead atoms. The zero-order valence-corrected chi connectivity index (χ0v) is 16.4. The molecule has 0 aliphatic carbocycles. The van der Waals surface area contributed by atoms with Crippen LogP contribution in [0.4, 0.5) is 13.2 Å². The Hall–Kier alpha value is -2.83. The van der Waals surface area contributed by atoms with E-state index in [9.17, 15) is 22.8 Å². The van der Waals surface area contributed by atoms with Gasteiger partial charge in [0.05, 0.1) is 22.7 Å². The Labute approximate surface area is 171 Å². The van der Waals surface area contributed by atoms with Gasteiger partial charge in [-0.15, -0.1) is 11.3 Å². The molecule has 0 aromatic carbocycles. The maximum Gasteiger partial charge on any atom is 0.286 e. The van der Waals surface area contributed by atoms with Gasteiger partial charge in [0.25, 0.3) is 12.0 Å². The third-order valence-corrected chi connectivity index (χ3v) is 5.11. The van der Waals surface area contributed by atoms with Gasteiger partial charge in [0, 0.05) is 18.7 Å². The Morgan fingerprint density at radius 3 is 2.76 bits per heavy atom. The van der Waals surface area contributed by atoms with Crippen molar-refractivity contribution < 1.29 is 22.5 Å². The first-order valence-corrected chi connectivity index (χ1v) is 9.37. The van der Waals surface area contributed by atoms with Crippen LogP contribution in [0.25, 0.3) is 0 Å². The lowest BCUT2D eigenvalue weighted by Crippen LogP contribution is -2.26. The van der Waals surface area contributed by atoms with Gasteiger partial charge in [0.1, 0.15) is 4.34 Å². The topological polar surface area (TPSA) is 65.1 Å². The summed E-state index contributed by atoms with van der Waals surface area (Å²) in [5.74, 6) is 4.25. The van der Waals surface area contributed by atoms with E-state index >= 15 is 0 Å². The van der Waals surface area contributed by atoms with Crippen LogP contribution in [0.1, 0.15) is 32.3 Å². The molecule has 3 heterocycles. The summed E-state index contributed by atoms with van der Waals surface area (Å²) in [6.45, 7) is 0.791. The van der Waals surface area contributed by atoms with Gasteiger partial charge in [-0.05, 0) is 30.5 Å². The standard InChI is InChI=1S/C19H12ClF3N2O3S/c1-10-4-13(28-24-10)3-2-12-7-16(29-18(12)20)15(26)6-11-5-14(21)19(27)25(8-11)9-17(22)23/h4-5,7-8,17H,6,9H2,1H3. The number of pyridine rings is 1. The molecular formula is C19H12ClF3N2O3S. The minimum atomic E-state index is -2.83. The largest absolute Gasteiger partial charge is 0.347 e. The fourth-order valence-electron chi connectivity index (χ4n) is 2.45. The third-order valence-electron chi connectivity index (χ3n) is 3.71. The summed E-state index contributed by atoms with van der Waals surface area (Å²) in [7, 11) is 0.